The van der Waals surface area contributed by atoms with Gasteiger partial charge in [-0.15, -0.1) is 0 Å². The van der Waals surface area contributed by atoms with Crippen LogP contribution in [0.15, 0.2) is 18.2 Å². The van der Waals surface area contributed by atoms with Crippen LogP contribution in [0.25, 0.3) is 0 Å². The molecule has 4 nitrogen and oxygen atoms in total. The van der Waals surface area contributed by atoms with Crippen LogP contribution in [0.3, 0.4) is 0 Å². The van der Waals surface area contributed by atoms with Crippen molar-refractivity contribution in [2.45, 2.75) is 19.4 Å². The molecule has 1 fully saturated rings. The van der Waals surface area contributed by atoms with Gasteiger partial charge in [0.1, 0.15) is 5.75 Å². The number of nitrogens with two attached hydrogens (primary N) is 1. The number of carbonyl (C=O) groups is 1. The average Bonchev–Trinajstić information content (AvgIpc) is 3.08. The maximum absolute atomic E-state index is 10.8. The first-order valence-electron chi connectivity index (χ1n) is 5.67. The summed E-state index contributed by atoms with van der Waals surface area (Å²) in [5.74, 6) is -0.116. The first kappa shape index (κ1) is 11.9. The molecule has 3 atom stereocenters. The average molecular weight is 235 g/mol. The molecule has 2 rings (SSSR count). The summed E-state index contributed by atoms with van der Waals surface area (Å²) in [6, 6.07) is 5.57. The molecule has 17 heavy (non-hydrogen) atoms. The summed E-state index contributed by atoms with van der Waals surface area (Å²) in [6.45, 7) is 1.95. The number of hydrogen-bond donors (Lipinski definition) is 2. The highest BCUT2D eigenvalue weighted by molar-refractivity contribution is 5.73. The van der Waals surface area contributed by atoms with Gasteiger partial charge >= 0.3 is 5.97 Å². The van der Waals surface area contributed by atoms with Gasteiger partial charge in [-0.1, -0.05) is 12.1 Å². The maximum atomic E-state index is 10.8. The van der Waals surface area contributed by atoms with Gasteiger partial charge in [-0.2, -0.15) is 0 Å². The lowest BCUT2D eigenvalue weighted by atomic mass is 10.00. The lowest BCUT2D eigenvalue weighted by molar-refractivity contribution is -0.138. The first-order chi connectivity index (χ1) is 8.04. The standard InChI is InChI=1S/C13H17NO3/c1-7-5-8(3-4-11(7)17-2)12(14)9-6-10(9)13(15)16/h3-5,9-10,12H,6,14H2,1-2H3,(H,15,16). The van der Waals surface area contributed by atoms with Gasteiger partial charge < -0.3 is 15.6 Å². The minimum Gasteiger partial charge on any atom is -0.496 e. The van der Waals surface area contributed by atoms with Crippen LogP contribution < -0.4 is 10.5 Å². The zero-order valence-electron chi connectivity index (χ0n) is 10.0. The number of hydrogen-bond acceptors (Lipinski definition) is 3. The Labute approximate surface area is 100 Å². The normalized spacial score (nSPS) is 24.2. The van der Waals surface area contributed by atoms with Gasteiger partial charge in [0.15, 0.2) is 0 Å². The summed E-state index contributed by atoms with van der Waals surface area (Å²) in [5, 5.41) is 8.88. The van der Waals surface area contributed by atoms with E-state index in [1.54, 1.807) is 7.11 Å². The van der Waals surface area contributed by atoms with E-state index in [9.17, 15) is 4.79 Å². The molecule has 4 heteroatoms. The summed E-state index contributed by atoms with van der Waals surface area (Å²) < 4.78 is 5.18. The van der Waals surface area contributed by atoms with Crippen molar-refractivity contribution in [3.63, 3.8) is 0 Å². The highest BCUT2D eigenvalue weighted by Crippen LogP contribution is 2.46. The van der Waals surface area contributed by atoms with E-state index in [4.69, 9.17) is 15.6 Å². The minimum absolute atomic E-state index is 0.0697. The highest BCUT2D eigenvalue weighted by Gasteiger charge is 2.47. The van der Waals surface area contributed by atoms with Gasteiger partial charge in [-0.25, -0.2) is 0 Å². The summed E-state index contributed by atoms with van der Waals surface area (Å²) in [6.07, 6.45) is 0.682. The number of rotatable bonds is 4. The number of carboxylic acids is 1. The number of ether oxygens (including phenoxy) is 1. The van der Waals surface area contributed by atoms with Crippen LogP contribution in [0, 0.1) is 18.8 Å². The van der Waals surface area contributed by atoms with Crippen molar-refractivity contribution >= 4 is 5.97 Å². The van der Waals surface area contributed by atoms with Crippen molar-refractivity contribution in [1.82, 2.24) is 0 Å². The molecule has 0 bridgehead atoms. The van der Waals surface area contributed by atoms with Crippen LogP contribution in [0.1, 0.15) is 23.6 Å². The second-order valence-corrected chi connectivity index (χ2v) is 4.60. The fourth-order valence-corrected chi connectivity index (χ4v) is 2.25. The summed E-state index contributed by atoms with van der Waals surface area (Å²) in [5.41, 5.74) is 8.09. The van der Waals surface area contributed by atoms with Crippen molar-refractivity contribution in [2.75, 3.05) is 7.11 Å². The first-order valence-corrected chi connectivity index (χ1v) is 5.67. The smallest absolute Gasteiger partial charge is 0.306 e. The third kappa shape index (κ3) is 2.26. The molecule has 0 amide bonds. The zero-order chi connectivity index (χ0) is 12.6. The monoisotopic (exact) mass is 235 g/mol. The highest BCUT2D eigenvalue weighted by atomic mass is 16.5. The molecule has 1 aromatic carbocycles. The molecule has 0 aromatic heterocycles. The van der Waals surface area contributed by atoms with Crippen LogP contribution >= 0.6 is 0 Å². The predicted octanol–water partition coefficient (Wildman–Crippen LogP) is 1.72. The Balaban J connectivity index is 2.13. The van der Waals surface area contributed by atoms with Crippen LogP contribution in [0.2, 0.25) is 0 Å². The van der Waals surface area contributed by atoms with E-state index in [2.05, 4.69) is 0 Å². The van der Waals surface area contributed by atoms with Crippen LogP contribution in [-0.4, -0.2) is 18.2 Å². The Morgan fingerprint density at radius 2 is 2.29 bits per heavy atom. The van der Waals surface area contributed by atoms with Crippen LogP contribution in [0.4, 0.5) is 0 Å². The molecule has 92 valence electrons. The molecule has 0 spiro atoms. The number of benzene rings is 1. The van der Waals surface area contributed by atoms with E-state index in [1.807, 2.05) is 25.1 Å². The second-order valence-electron chi connectivity index (χ2n) is 4.60. The second kappa shape index (κ2) is 4.37. The van der Waals surface area contributed by atoms with Gasteiger partial charge in [-0.3, -0.25) is 4.79 Å². The molecule has 0 saturated heterocycles. The molecule has 1 saturated carbocycles. The van der Waals surface area contributed by atoms with Crippen molar-refractivity contribution in [1.29, 1.82) is 0 Å². The van der Waals surface area contributed by atoms with Crippen molar-refractivity contribution in [3.8, 4) is 5.75 Å². The molecule has 0 aliphatic heterocycles. The zero-order valence-corrected chi connectivity index (χ0v) is 10.0. The Bertz CT molecular complexity index is 444. The van der Waals surface area contributed by atoms with E-state index in [-0.39, 0.29) is 17.9 Å². The minimum atomic E-state index is -0.740. The number of carboxylic acid groups (broad SMARTS) is 1. The topological polar surface area (TPSA) is 72.5 Å². The van der Waals surface area contributed by atoms with Crippen LogP contribution in [0.5, 0.6) is 5.75 Å². The maximum Gasteiger partial charge on any atom is 0.306 e. The number of methoxy groups -OCH3 is 1. The van der Waals surface area contributed by atoms with E-state index < -0.39 is 5.97 Å². The molecule has 0 radical (unpaired) electrons. The molecule has 1 aliphatic rings. The molecule has 1 aromatic rings. The van der Waals surface area contributed by atoms with E-state index in [0.29, 0.717) is 6.42 Å². The molecular weight excluding hydrogens is 218 g/mol. The van der Waals surface area contributed by atoms with Gasteiger partial charge in [0.2, 0.25) is 0 Å². The van der Waals surface area contributed by atoms with Gasteiger partial charge in [-0.05, 0) is 36.5 Å². The fraction of sp³-hybridized carbons (Fsp3) is 0.462. The lowest BCUT2D eigenvalue weighted by Crippen LogP contribution is -2.16. The fourth-order valence-electron chi connectivity index (χ4n) is 2.25. The van der Waals surface area contributed by atoms with Crippen molar-refractivity contribution in [2.24, 2.45) is 17.6 Å². The number of aryl methyl sites for hydroxylation is 1. The Hall–Kier alpha value is -1.55. The van der Waals surface area contributed by atoms with Gasteiger partial charge in [0, 0.05) is 6.04 Å². The van der Waals surface area contributed by atoms with Crippen molar-refractivity contribution in [3.05, 3.63) is 29.3 Å². The largest absolute Gasteiger partial charge is 0.496 e. The predicted molar refractivity (Wildman–Crippen MR) is 63.9 cm³/mol. The SMILES string of the molecule is COc1ccc(C(N)C2CC2C(=O)O)cc1C. The Morgan fingerprint density at radius 1 is 1.59 bits per heavy atom. The Kier molecular flexibility index (Phi) is 3.07. The molecular formula is C13H17NO3. The third-order valence-corrected chi connectivity index (χ3v) is 3.42. The van der Waals surface area contributed by atoms with Gasteiger partial charge in [0.05, 0.1) is 13.0 Å². The van der Waals surface area contributed by atoms with Crippen molar-refractivity contribution < 1.29 is 14.6 Å². The van der Waals surface area contributed by atoms with E-state index in [0.717, 1.165) is 16.9 Å². The quantitative estimate of drug-likeness (QED) is 0.833. The summed E-state index contributed by atoms with van der Waals surface area (Å²) in [4.78, 5) is 10.8. The van der Waals surface area contributed by atoms with E-state index >= 15 is 0 Å². The van der Waals surface area contributed by atoms with Gasteiger partial charge in [0.25, 0.3) is 0 Å². The summed E-state index contributed by atoms with van der Waals surface area (Å²) >= 11 is 0. The van der Waals surface area contributed by atoms with Crippen LogP contribution in [-0.2, 0) is 4.79 Å². The third-order valence-electron chi connectivity index (χ3n) is 3.42. The lowest BCUT2D eigenvalue weighted by Gasteiger charge is -2.13. The molecule has 3 N–H and O–H groups in total. The molecule has 3 unspecified atom stereocenters. The number of aliphatic carboxylic acids is 1. The summed E-state index contributed by atoms with van der Waals surface area (Å²) in [7, 11) is 1.63. The Morgan fingerprint density at radius 3 is 2.76 bits per heavy atom. The van der Waals surface area contributed by atoms with E-state index in [1.165, 1.54) is 0 Å². The molecule has 0 heterocycles. The molecule has 1 aliphatic carbocycles.